The van der Waals surface area contributed by atoms with E-state index in [1.807, 2.05) is 6.07 Å². The van der Waals surface area contributed by atoms with Gasteiger partial charge in [-0.05, 0) is 30.9 Å². The summed E-state index contributed by atoms with van der Waals surface area (Å²) in [5.41, 5.74) is 8.25. The third-order valence-corrected chi connectivity index (χ3v) is 2.85. The lowest BCUT2D eigenvalue weighted by atomic mass is 10.0. The van der Waals surface area contributed by atoms with Gasteiger partial charge >= 0.3 is 0 Å². The molecule has 0 unspecified atom stereocenters. The zero-order valence-electron chi connectivity index (χ0n) is 10.2. The largest absolute Gasteiger partial charge is 0.459 e. The zero-order chi connectivity index (χ0) is 11.7. The molecule has 86 valence electrons. The van der Waals surface area contributed by atoms with Gasteiger partial charge in [0.1, 0.15) is 11.3 Å². The summed E-state index contributed by atoms with van der Waals surface area (Å²) < 4.78 is 5.84. The summed E-state index contributed by atoms with van der Waals surface area (Å²) in [6, 6.07) is 8.24. The molecule has 0 amide bonds. The lowest BCUT2D eigenvalue weighted by Crippen LogP contribution is -2.11. The average Bonchev–Trinajstić information content (AvgIpc) is 2.61. The number of para-hydroxylation sites is 1. The number of nitrogens with two attached hydrogens (primary N) is 1. The van der Waals surface area contributed by atoms with Crippen LogP contribution < -0.4 is 5.73 Å². The minimum atomic E-state index is 0.00630. The molecule has 1 aromatic carbocycles. The Labute approximate surface area is 96.4 Å². The highest BCUT2D eigenvalue weighted by Gasteiger charge is 2.14. The summed E-state index contributed by atoms with van der Waals surface area (Å²) >= 11 is 0. The van der Waals surface area contributed by atoms with E-state index in [1.54, 1.807) is 0 Å². The minimum Gasteiger partial charge on any atom is -0.459 e. The van der Waals surface area contributed by atoms with Gasteiger partial charge in [-0.15, -0.1) is 0 Å². The maximum absolute atomic E-state index is 6.12. The quantitative estimate of drug-likeness (QED) is 0.849. The molecule has 2 N–H and O–H groups in total. The first kappa shape index (κ1) is 11.2. The summed E-state index contributed by atoms with van der Waals surface area (Å²) in [6.07, 6.45) is 0.957. The Bertz CT molecular complexity index is 484. The maximum Gasteiger partial charge on any atom is 0.137 e. The molecule has 2 aromatic rings. The summed E-state index contributed by atoms with van der Waals surface area (Å²) in [4.78, 5) is 0. The molecular weight excluding hydrogens is 198 g/mol. The van der Waals surface area contributed by atoms with Crippen molar-refractivity contribution >= 4 is 11.0 Å². The lowest BCUT2D eigenvalue weighted by molar-refractivity contribution is 0.431. The van der Waals surface area contributed by atoms with Crippen LogP contribution in [0, 0.1) is 12.8 Å². The van der Waals surface area contributed by atoms with Crippen molar-refractivity contribution in [1.82, 2.24) is 0 Å². The third-order valence-electron chi connectivity index (χ3n) is 2.85. The Kier molecular flexibility index (Phi) is 3.01. The molecule has 1 aromatic heterocycles. The van der Waals surface area contributed by atoms with Gasteiger partial charge in [-0.1, -0.05) is 32.0 Å². The predicted molar refractivity (Wildman–Crippen MR) is 67.3 cm³/mol. The first-order chi connectivity index (χ1) is 7.58. The van der Waals surface area contributed by atoms with Crippen LogP contribution in [0.15, 0.2) is 28.7 Å². The van der Waals surface area contributed by atoms with Gasteiger partial charge in [-0.2, -0.15) is 0 Å². The zero-order valence-corrected chi connectivity index (χ0v) is 10.2. The van der Waals surface area contributed by atoms with Crippen LogP contribution in [0.2, 0.25) is 0 Å². The fourth-order valence-corrected chi connectivity index (χ4v) is 2.04. The second kappa shape index (κ2) is 4.30. The highest BCUT2D eigenvalue weighted by Crippen LogP contribution is 2.27. The van der Waals surface area contributed by atoms with Crippen molar-refractivity contribution in [2.75, 3.05) is 0 Å². The van der Waals surface area contributed by atoms with Gasteiger partial charge in [0.15, 0.2) is 0 Å². The molecule has 16 heavy (non-hydrogen) atoms. The predicted octanol–water partition coefficient (Wildman–Crippen LogP) is 3.79. The fourth-order valence-electron chi connectivity index (χ4n) is 2.04. The van der Waals surface area contributed by atoms with E-state index in [9.17, 15) is 0 Å². The lowest BCUT2D eigenvalue weighted by Gasteiger charge is -2.10. The summed E-state index contributed by atoms with van der Waals surface area (Å²) in [5.74, 6) is 1.49. The summed E-state index contributed by atoms with van der Waals surface area (Å²) in [6.45, 7) is 6.41. The standard InChI is InChI=1S/C14H19NO/c1-9(2)7-12(15)13-8-11-6-4-5-10(3)14(11)16-13/h4-6,8-9,12H,7,15H2,1-3H3/t12-/m1/s1. The van der Waals surface area contributed by atoms with Crippen molar-refractivity contribution in [3.8, 4) is 0 Å². The van der Waals surface area contributed by atoms with Crippen molar-refractivity contribution in [3.05, 3.63) is 35.6 Å². The van der Waals surface area contributed by atoms with Crippen molar-refractivity contribution < 1.29 is 4.42 Å². The van der Waals surface area contributed by atoms with Crippen LogP contribution in [0.5, 0.6) is 0 Å². The van der Waals surface area contributed by atoms with Gasteiger partial charge in [0.2, 0.25) is 0 Å². The summed E-state index contributed by atoms with van der Waals surface area (Å²) in [7, 11) is 0. The van der Waals surface area contributed by atoms with E-state index < -0.39 is 0 Å². The van der Waals surface area contributed by atoms with Gasteiger partial charge < -0.3 is 10.2 Å². The third kappa shape index (κ3) is 2.12. The number of benzene rings is 1. The van der Waals surface area contributed by atoms with Crippen LogP contribution in [0.3, 0.4) is 0 Å². The Balaban J connectivity index is 2.36. The molecule has 0 aliphatic carbocycles. The number of fused-ring (bicyclic) bond motifs is 1. The topological polar surface area (TPSA) is 39.2 Å². The number of rotatable bonds is 3. The van der Waals surface area contributed by atoms with E-state index in [1.165, 1.54) is 5.56 Å². The first-order valence-corrected chi connectivity index (χ1v) is 5.82. The number of hydrogen-bond donors (Lipinski definition) is 1. The van der Waals surface area contributed by atoms with Gasteiger partial charge in [-0.25, -0.2) is 0 Å². The maximum atomic E-state index is 6.12. The SMILES string of the molecule is Cc1cccc2cc([C@H](N)CC(C)C)oc12. The molecule has 0 saturated carbocycles. The molecule has 2 nitrogen and oxygen atoms in total. The second-order valence-corrected chi connectivity index (χ2v) is 4.88. The van der Waals surface area contributed by atoms with E-state index in [0.717, 1.165) is 23.2 Å². The average molecular weight is 217 g/mol. The Hall–Kier alpha value is -1.28. The molecule has 0 aliphatic heterocycles. The number of furan rings is 1. The summed E-state index contributed by atoms with van der Waals surface area (Å²) in [5, 5.41) is 1.15. The van der Waals surface area contributed by atoms with Crippen molar-refractivity contribution in [2.24, 2.45) is 11.7 Å². The Morgan fingerprint density at radius 2 is 2.06 bits per heavy atom. The second-order valence-electron chi connectivity index (χ2n) is 4.88. The van der Waals surface area contributed by atoms with E-state index >= 15 is 0 Å². The molecule has 2 heteroatoms. The van der Waals surface area contributed by atoms with Crippen LogP contribution >= 0.6 is 0 Å². The number of aryl methyl sites for hydroxylation is 1. The monoisotopic (exact) mass is 217 g/mol. The van der Waals surface area contributed by atoms with Crippen LogP contribution in [0.4, 0.5) is 0 Å². The van der Waals surface area contributed by atoms with E-state index in [2.05, 4.69) is 39.0 Å². The highest BCUT2D eigenvalue weighted by molar-refractivity contribution is 5.80. The molecule has 0 fully saturated rings. The van der Waals surface area contributed by atoms with Crippen LogP contribution in [0.25, 0.3) is 11.0 Å². The van der Waals surface area contributed by atoms with E-state index in [0.29, 0.717) is 5.92 Å². The van der Waals surface area contributed by atoms with Crippen LogP contribution in [0.1, 0.15) is 37.6 Å². The van der Waals surface area contributed by atoms with E-state index in [-0.39, 0.29) is 6.04 Å². The van der Waals surface area contributed by atoms with Crippen LogP contribution in [-0.2, 0) is 0 Å². The Morgan fingerprint density at radius 3 is 2.69 bits per heavy atom. The van der Waals surface area contributed by atoms with Crippen molar-refractivity contribution in [3.63, 3.8) is 0 Å². The minimum absolute atomic E-state index is 0.00630. The van der Waals surface area contributed by atoms with Gasteiger partial charge in [0.05, 0.1) is 6.04 Å². The molecule has 0 bridgehead atoms. The molecule has 1 heterocycles. The molecule has 0 saturated heterocycles. The van der Waals surface area contributed by atoms with Crippen molar-refractivity contribution in [2.45, 2.75) is 33.2 Å². The van der Waals surface area contributed by atoms with E-state index in [4.69, 9.17) is 10.2 Å². The molecule has 1 atom stereocenters. The molecule has 0 spiro atoms. The normalized spacial score (nSPS) is 13.6. The highest BCUT2D eigenvalue weighted by atomic mass is 16.3. The van der Waals surface area contributed by atoms with Gasteiger partial charge in [-0.3, -0.25) is 0 Å². The molecule has 2 rings (SSSR count). The molecule has 0 aliphatic rings. The fraction of sp³-hybridized carbons (Fsp3) is 0.429. The first-order valence-electron chi connectivity index (χ1n) is 5.82. The van der Waals surface area contributed by atoms with Crippen LogP contribution in [-0.4, -0.2) is 0 Å². The molecule has 0 radical (unpaired) electrons. The van der Waals surface area contributed by atoms with Crippen molar-refractivity contribution in [1.29, 1.82) is 0 Å². The van der Waals surface area contributed by atoms with Gasteiger partial charge in [0.25, 0.3) is 0 Å². The Morgan fingerprint density at radius 1 is 1.31 bits per heavy atom. The number of hydrogen-bond acceptors (Lipinski definition) is 2. The molecular formula is C14H19NO. The smallest absolute Gasteiger partial charge is 0.137 e. The van der Waals surface area contributed by atoms with Gasteiger partial charge in [0, 0.05) is 5.39 Å².